The Morgan fingerprint density at radius 3 is 2.44 bits per heavy atom. The van der Waals surface area contributed by atoms with Crippen LogP contribution in [-0.4, -0.2) is 19.1 Å². The van der Waals surface area contributed by atoms with Crippen LogP contribution in [-0.2, 0) is 0 Å². The first-order chi connectivity index (χ1) is 8.77. The van der Waals surface area contributed by atoms with Crippen LogP contribution in [0.5, 0.6) is 0 Å². The van der Waals surface area contributed by atoms with Crippen molar-refractivity contribution in [3.63, 3.8) is 0 Å². The van der Waals surface area contributed by atoms with Crippen molar-refractivity contribution in [2.75, 3.05) is 13.1 Å². The second kappa shape index (κ2) is 9.17. The van der Waals surface area contributed by atoms with Crippen LogP contribution >= 0.6 is 0 Å². The molecule has 0 fully saturated rings. The summed E-state index contributed by atoms with van der Waals surface area (Å²) in [5.74, 6) is 0. The van der Waals surface area contributed by atoms with Crippen molar-refractivity contribution in [1.82, 2.24) is 10.6 Å². The monoisotopic (exact) mass is 252 g/mol. The lowest BCUT2D eigenvalue weighted by Crippen LogP contribution is -2.29. The standard InChI is InChI=1S/C15H28N2O/c1-4-9-16-13(3)6-7-15(17-10-5-2)14-8-11-18-12-14/h8,11-13,15-17H,4-7,9-10H2,1-3H3. The van der Waals surface area contributed by atoms with E-state index in [0.29, 0.717) is 12.1 Å². The quantitative estimate of drug-likeness (QED) is 0.669. The van der Waals surface area contributed by atoms with Crippen LogP contribution in [0.25, 0.3) is 0 Å². The van der Waals surface area contributed by atoms with Crippen LogP contribution in [0.4, 0.5) is 0 Å². The zero-order valence-corrected chi connectivity index (χ0v) is 12.0. The molecule has 2 unspecified atom stereocenters. The fraction of sp³-hybridized carbons (Fsp3) is 0.733. The number of nitrogens with one attached hydrogen (secondary N) is 2. The van der Waals surface area contributed by atoms with E-state index in [1.54, 1.807) is 6.26 Å². The normalized spacial score (nSPS) is 14.6. The second-order valence-electron chi connectivity index (χ2n) is 5.00. The molecule has 0 amide bonds. The van der Waals surface area contributed by atoms with E-state index < -0.39 is 0 Å². The van der Waals surface area contributed by atoms with Gasteiger partial charge in [-0.05, 0) is 51.8 Å². The number of rotatable bonds is 10. The number of furan rings is 1. The first-order valence-electron chi connectivity index (χ1n) is 7.26. The number of hydrogen-bond acceptors (Lipinski definition) is 3. The van der Waals surface area contributed by atoms with Gasteiger partial charge in [-0.25, -0.2) is 0 Å². The highest BCUT2D eigenvalue weighted by Crippen LogP contribution is 2.19. The summed E-state index contributed by atoms with van der Waals surface area (Å²) in [7, 11) is 0. The van der Waals surface area contributed by atoms with Crippen LogP contribution in [0.15, 0.2) is 23.0 Å². The first kappa shape index (κ1) is 15.3. The van der Waals surface area contributed by atoms with Crippen LogP contribution in [0.2, 0.25) is 0 Å². The molecule has 0 saturated carbocycles. The van der Waals surface area contributed by atoms with Crippen LogP contribution in [0.1, 0.15) is 58.1 Å². The van der Waals surface area contributed by atoms with Gasteiger partial charge < -0.3 is 15.1 Å². The minimum absolute atomic E-state index is 0.426. The summed E-state index contributed by atoms with van der Waals surface area (Å²) in [5.41, 5.74) is 1.27. The largest absolute Gasteiger partial charge is 0.472 e. The smallest absolute Gasteiger partial charge is 0.0950 e. The SMILES string of the molecule is CCCNC(C)CCC(NCCC)c1ccoc1. The minimum Gasteiger partial charge on any atom is -0.472 e. The van der Waals surface area contributed by atoms with Crippen LogP contribution in [0.3, 0.4) is 0 Å². The third-order valence-corrected chi connectivity index (χ3v) is 3.22. The van der Waals surface area contributed by atoms with Crippen molar-refractivity contribution in [1.29, 1.82) is 0 Å². The maximum absolute atomic E-state index is 5.19. The molecule has 104 valence electrons. The summed E-state index contributed by atoms with van der Waals surface area (Å²) in [6, 6.07) is 3.08. The topological polar surface area (TPSA) is 37.2 Å². The summed E-state index contributed by atoms with van der Waals surface area (Å²) in [6.45, 7) is 8.84. The van der Waals surface area contributed by atoms with Gasteiger partial charge in [0.15, 0.2) is 0 Å². The van der Waals surface area contributed by atoms with Gasteiger partial charge in [-0.3, -0.25) is 0 Å². The Morgan fingerprint density at radius 2 is 1.83 bits per heavy atom. The van der Waals surface area contributed by atoms with Crippen molar-refractivity contribution in [2.45, 2.75) is 58.5 Å². The van der Waals surface area contributed by atoms with Crippen molar-refractivity contribution in [3.05, 3.63) is 24.2 Å². The maximum atomic E-state index is 5.19. The third kappa shape index (κ3) is 5.69. The first-order valence-corrected chi connectivity index (χ1v) is 7.26. The van der Waals surface area contributed by atoms with Crippen molar-refractivity contribution < 1.29 is 4.42 Å². The molecule has 0 aliphatic carbocycles. The molecule has 3 nitrogen and oxygen atoms in total. The summed E-state index contributed by atoms with van der Waals surface area (Å²) in [4.78, 5) is 0. The van der Waals surface area contributed by atoms with Crippen LogP contribution in [0, 0.1) is 0 Å². The highest BCUT2D eigenvalue weighted by atomic mass is 16.3. The molecule has 2 atom stereocenters. The Labute approximate surface area is 111 Å². The van der Waals surface area contributed by atoms with Crippen molar-refractivity contribution >= 4 is 0 Å². The van der Waals surface area contributed by atoms with Gasteiger partial charge in [-0.15, -0.1) is 0 Å². The van der Waals surface area contributed by atoms with Gasteiger partial charge in [0.2, 0.25) is 0 Å². The molecule has 2 N–H and O–H groups in total. The van der Waals surface area contributed by atoms with E-state index in [1.807, 2.05) is 6.26 Å². The van der Waals surface area contributed by atoms with E-state index >= 15 is 0 Å². The van der Waals surface area contributed by atoms with E-state index in [0.717, 1.165) is 25.9 Å². The van der Waals surface area contributed by atoms with Gasteiger partial charge in [0, 0.05) is 17.6 Å². The van der Waals surface area contributed by atoms with E-state index in [1.165, 1.54) is 18.4 Å². The van der Waals surface area contributed by atoms with Gasteiger partial charge in [0.05, 0.1) is 12.5 Å². The average molecular weight is 252 g/mol. The molecule has 18 heavy (non-hydrogen) atoms. The van der Waals surface area contributed by atoms with E-state index in [-0.39, 0.29) is 0 Å². The third-order valence-electron chi connectivity index (χ3n) is 3.22. The van der Waals surface area contributed by atoms with Gasteiger partial charge in [-0.1, -0.05) is 13.8 Å². The molecule has 0 saturated heterocycles. The molecule has 0 spiro atoms. The average Bonchev–Trinajstić information content (AvgIpc) is 2.90. The molecule has 1 heterocycles. The highest BCUT2D eigenvalue weighted by molar-refractivity contribution is 5.11. The van der Waals surface area contributed by atoms with E-state index in [4.69, 9.17) is 4.42 Å². The molecular formula is C15H28N2O. The zero-order valence-electron chi connectivity index (χ0n) is 12.0. The molecule has 1 aromatic rings. The molecule has 0 aliphatic heterocycles. The fourth-order valence-electron chi connectivity index (χ4n) is 2.09. The van der Waals surface area contributed by atoms with Crippen LogP contribution < -0.4 is 10.6 Å². The Hall–Kier alpha value is -0.800. The Morgan fingerprint density at radius 1 is 1.11 bits per heavy atom. The molecule has 0 aromatic carbocycles. The maximum Gasteiger partial charge on any atom is 0.0950 e. The highest BCUT2D eigenvalue weighted by Gasteiger charge is 2.13. The van der Waals surface area contributed by atoms with E-state index in [9.17, 15) is 0 Å². The van der Waals surface area contributed by atoms with Gasteiger partial charge >= 0.3 is 0 Å². The predicted octanol–water partition coefficient (Wildman–Crippen LogP) is 3.49. The van der Waals surface area contributed by atoms with Gasteiger partial charge in [0.1, 0.15) is 0 Å². The molecule has 3 heteroatoms. The lowest BCUT2D eigenvalue weighted by Gasteiger charge is -2.20. The summed E-state index contributed by atoms with van der Waals surface area (Å²) < 4.78 is 5.19. The lowest BCUT2D eigenvalue weighted by molar-refractivity contribution is 0.425. The van der Waals surface area contributed by atoms with Gasteiger partial charge in [-0.2, -0.15) is 0 Å². The summed E-state index contributed by atoms with van der Waals surface area (Å²) in [6.07, 6.45) is 8.32. The van der Waals surface area contributed by atoms with E-state index in [2.05, 4.69) is 37.5 Å². The molecule has 0 bridgehead atoms. The predicted molar refractivity (Wildman–Crippen MR) is 76.7 cm³/mol. The molecule has 1 rings (SSSR count). The molecular weight excluding hydrogens is 224 g/mol. The van der Waals surface area contributed by atoms with Crippen molar-refractivity contribution in [2.24, 2.45) is 0 Å². The summed E-state index contributed by atoms with van der Waals surface area (Å²) in [5, 5.41) is 7.13. The molecule has 0 radical (unpaired) electrons. The summed E-state index contributed by atoms with van der Waals surface area (Å²) >= 11 is 0. The minimum atomic E-state index is 0.426. The fourth-order valence-corrected chi connectivity index (χ4v) is 2.09. The molecule has 1 aromatic heterocycles. The lowest BCUT2D eigenvalue weighted by atomic mass is 10.0. The zero-order chi connectivity index (χ0) is 13.2. The Balaban J connectivity index is 2.37. The Kier molecular flexibility index (Phi) is 7.78. The molecule has 0 aliphatic rings. The van der Waals surface area contributed by atoms with Crippen molar-refractivity contribution in [3.8, 4) is 0 Å². The second-order valence-corrected chi connectivity index (χ2v) is 5.00. The van der Waals surface area contributed by atoms with Gasteiger partial charge in [0.25, 0.3) is 0 Å². The Bertz CT molecular complexity index is 285. The number of hydrogen-bond donors (Lipinski definition) is 2.